The molecule has 0 unspecified atom stereocenters. The second-order valence-corrected chi connectivity index (χ2v) is 6.15. The van der Waals surface area contributed by atoms with E-state index in [1.165, 1.54) is 6.26 Å². The highest BCUT2D eigenvalue weighted by Crippen LogP contribution is 2.20. The first-order valence-electron chi connectivity index (χ1n) is 5.69. The van der Waals surface area contributed by atoms with E-state index in [1.54, 1.807) is 36.7 Å². The van der Waals surface area contributed by atoms with Crippen LogP contribution in [0.2, 0.25) is 0 Å². The smallest absolute Gasteiger partial charge is 0.175 e. The van der Waals surface area contributed by atoms with E-state index in [0.717, 1.165) is 17.1 Å². The van der Waals surface area contributed by atoms with Gasteiger partial charge in [-0.05, 0) is 30.3 Å². The van der Waals surface area contributed by atoms with Gasteiger partial charge in [0, 0.05) is 19.0 Å². The molecule has 1 aromatic carbocycles. The Kier molecular flexibility index (Phi) is 3.71. The Bertz CT molecular complexity index is 667. The molecule has 1 heterocycles. The minimum absolute atomic E-state index is 0.306. The monoisotopic (exact) mass is 277 g/mol. The normalized spacial score (nSPS) is 11.1. The van der Waals surface area contributed by atoms with Crippen molar-refractivity contribution in [3.63, 3.8) is 0 Å². The quantitative estimate of drug-likeness (QED) is 0.897. The zero-order valence-corrected chi connectivity index (χ0v) is 11.5. The van der Waals surface area contributed by atoms with Gasteiger partial charge in [-0.15, -0.1) is 0 Å². The molecular weight excluding hydrogens is 262 g/mol. The summed E-state index contributed by atoms with van der Waals surface area (Å²) in [6, 6.07) is 8.52. The molecule has 0 radical (unpaired) electrons. The molecule has 0 saturated heterocycles. The number of hydrogen-bond acceptors (Lipinski definition) is 5. The molecule has 0 aliphatic rings. The molecule has 0 atom stereocenters. The van der Waals surface area contributed by atoms with E-state index in [0.29, 0.717) is 4.90 Å². The van der Waals surface area contributed by atoms with Crippen LogP contribution in [-0.2, 0) is 9.84 Å². The number of aromatic nitrogens is 1. The fourth-order valence-electron chi connectivity index (χ4n) is 1.60. The zero-order chi connectivity index (χ0) is 13.9. The lowest BCUT2D eigenvalue weighted by Crippen LogP contribution is -1.98. The predicted molar refractivity (Wildman–Crippen MR) is 76.6 cm³/mol. The van der Waals surface area contributed by atoms with Gasteiger partial charge in [-0.1, -0.05) is 0 Å². The van der Waals surface area contributed by atoms with Gasteiger partial charge >= 0.3 is 0 Å². The van der Waals surface area contributed by atoms with Crippen molar-refractivity contribution in [1.29, 1.82) is 0 Å². The maximum absolute atomic E-state index is 11.3. The molecular formula is C13H15N3O2S. The summed E-state index contributed by atoms with van der Waals surface area (Å²) >= 11 is 0. The topological polar surface area (TPSA) is 71.1 Å². The highest BCUT2D eigenvalue weighted by atomic mass is 32.2. The number of anilines is 3. The van der Waals surface area contributed by atoms with Crippen LogP contribution in [0, 0.1) is 0 Å². The molecule has 6 heteroatoms. The van der Waals surface area contributed by atoms with Crippen molar-refractivity contribution in [3.05, 3.63) is 42.7 Å². The van der Waals surface area contributed by atoms with E-state index in [2.05, 4.69) is 15.6 Å². The van der Waals surface area contributed by atoms with Crippen molar-refractivity contribution in [2.45, 2.75) is 4.90 Å². The SMILES string of the molecule is CNc1cncc(Nc2ccc(S(C)(=O)=O)cc2)c1. The van der Waals surface area contributed by atoms with Crippen LogP contribution < -0.4 is 10.6 Å². The highest BCUT2D eigenvalue weighted by Gasteiger charge is 2.06. The summed E-state index contributed by atoms with van der Waals surface area (Å²) in [4.78, 5) is 4.39. The van der Waals surface area contributed by atoms with E-state index in [4.69, 9.17) is 0 Å². The number of nitrogens with zero attached hydrogens (tertiary/aromatic N) is 1. The lowest BCUT2D eigenvalue weighted by molar-refractivity contribution is 0.602. The van der Waals surface area contributed by atoms with Gasteiger partial charge in [0.1, 0.15) is 0 Å². The molecule has 2 N–H and O–H groups in total. The standard InChI is InChI=1S/C13H15N3O2S/c1-14-11-7-12(9-15-8-11)16-10-3-5-13(6-4-10)19(2,17)18/h3-9,14,16H,1-2H3. The van der Waals surface area contributed by atoms with Crippen LogP contribution in [0.15, 0.2) is 47.6 Å². The van der Waals surface area contributed by atoms with Crippen LogP contribution in [0.4, 0.5) is 17.1 Å². The van der Waals surface area contributed by atoms with Crippen LogP contribution >= 0.6 is 0 Å². The van der Waals surface area contributed by atoms with Crippen LogP contribution in [0.25, 0.3) is 0 Å². The van der Waals surface area contributed by atoms with Gasteiger partial charge in [0.2, 0.25) is 0 Å². The van der Waals surface area contributed by atoms with Crippen LogP contribution in [0.5, 0.6) is 0 Å². The van der Waals surface area contributed by atoms with Crippen molar-refractivity contribution in [2.24, 2.45) is 0 Å². The van der Waals surface area contributed by atoms with Crippen LogP contribution in [0.3, 0.4) is 0 Å². The summed E-state index contributed by atoms with van der Waals surface area (Å²) in [6.45, 7) is 0. The molecule has 5 nitrogen and oxygen atoms in total. The number of sulfone groups is 1. The van der Waals surface area contributed by atoms with E-state index in [-0.39, 0.29) is 0 Å². The first-order valence-corrected chi connectivity index (χ1v) is 7.58. The zero-order valence-electron chi connectivity index (χ0n) is 10.7. The van der Waals surface area contributed by atoms with Gasteiger partial charge in [0.05, 0.1) is 28.7 Å². The molecule has 100 valence electrons. The van der Waals surface area contributed by atoms with E-state index < -0.39 is 9.84 Å². The van der Waals surface area contributed by atoms with Gasteiger partial charge in [-0.25, -0.2) is 8.42 Å². The lowest BCUT2D eigenvalue weighted by atomic mass is 10.3. The maximum atomic E-state index is 11.3. The molecule has 2 rings (SSSR count). The molecule has 0 fully saturated rings. The lowest BCUT2D eigenvalue weighted by Gasteiger charge is -2.08. The average molecular weight is 277 g/mol. The first-order chi connectivity index (χ1) is 8.99. The fraction of sp³-hybridized carbons (Fsp3) is 0.154. The van der Waals surface area contributed by atoms with Crippen molar-refractivity contribution in [2.75, 3.05) is 23.9 Å². The van der Waals surface area contributed by atoms with Crippen molar-refractivity contribution in [1.82, 2.24) is 4.98 Å². The second kappa shape index (κ2) is 5.27. The Labute approximate surface area is 112 Å². The third-order valence-electron chi connectivity index (χ3n) is 2.60. The van der Waals surface area contributed by atoms with Crippen LogP contribution in [0.1, 0.15) is 0 Å². The van der Waals surface area contributed by atoms with Crippen LogP contribution in [-0.4, -0.2) is 26.7 Å². The molecule has 2 aromatic rings. The summed E-state index contributed by atoms with van der Waals surface area (Å²) in [5.74, 6) is 0. The Morgan fingerprint density at radius 1 is 1.00 bits per heavy atom. The van der Waals surface area contributed by atoms with Gasteiger partial charge < -0.3 is 10.6 Å². The highest BCUT2D eigenvalue weighted by molar-refractivity contribution is 7.90. The summed E-state index contributed by atoms with van der Waals surface area (Å²) in [6.07, 6.45) is 4.61. The summed E-state index contributed by atoms with van der Waals surface area (Å²) < 4.78 is 22.7. The largest absolute Gasteiger partial charge is 0.387 e. The number of pyridine rings is 1. The molecule has 0 amide bonds. The predicted octanol–water partition coefficient (Wildman–Crippen LogP) is 2.27. The number of hydrogen-bond donors (Lipinski definition) is 2. The second-order valence-electron chi connectivity index (χ2n) is 4.13. The molecule has 0 spiro atoms. The third kappa shape index (κ3) is 3.45. The van der Waals surface area contributed by atoms with Gasteiger partial charge in [0.15, 0.2) is 9.84 Å². The Hall–Kier alpha value is -2.08. The molecule has 0 bridgehead atoms. The minimum Gasteiger partial charge on any atom is -0.387 e. The molecule has 0 saturated carbocycles. The van der Waals surface area contributed by atoms with Gasteiger partial charge in [0.25, 0.3) is 0 Å². The molecule has 19 heavy (non-hydrogen) atoms. The van der Waals surface area contributed by atoms with E-state index in [9.17, 15) is 8.42 Å². The van der Waals surface area contributed by atoms with Gasteiger partial charge in [-0.3, -0.25) is 4.98 Å². The fourth-order valence-corrected chi connectivity index (χ4v) is 2.23. The minimum atomic E-state index is -3.15. The summed E-state index contributed by atoms with van der Waals surface area (Å²) in [5, 5.41) is 6.16. The summed E-state index contributed by atoms with van der Waals surface area (Å²) in [7, 11) is -1.33. The third-order valence-corrected chi connectivity index (χ3v) is 3.73. The Morgan fingerprint density at radius 2 is 1.63 bits per heavy atom. The Morgan fingerprint density at radius 3 is 2.21 bits per heavy atom. The van der Waals surface area contributed by atoms with Crippen molar-refractivity contribution >= 4 is 26.9 Å². The first kappa shape index (κ1) is 13.4. The van der Waals surface area contributed by atoms with E-state index in [1.807, 2.05) is 13.1 Å². The molecule has 1 aromatic heterocycles. The van der Waals surface area contributed by atoms with Crippen molar-refractivity contribution < 1.29 is 8.42 Å². The Balaban J connectivity index is 2.19. The average Bonchev–Trinajstić information content (AvgIpc) is 2.38. The van der Waals surface area contributed by atoms with Gasteiger partial charge in [-0.2, -0.15) is 0 Å². The van der Waals surface area contributed by atoms with Crippen molar-refractivity contribution in [3.8, 4) is 0 Å². The molecule has 0 aliphatic carbocycles. The maximum Gasteiger partial charge on any atom is 0.175 e. The summed E-state index contributed by atoms with van der Waals surface area (Å²) in [5.41, 5.74) is 2.54. The van der Waals surface area contributed by atoms with E-state index >= 15 is 0 Å². The number of benzene rings is 1. The number of rotatable bonds is 4. The molecule has 0 aliphatic heterocycles. The number of nitrogens with one attached hydrogen (secondary N) is 2.